The highest BCUT2D eigenvalue weighted by Crippen LogP contribution is 2.44. The first-order chi connectivity index (χ1) is 12.5. The molecule has 1 amide bonds. The van der Waals surface area contributed by atoms with E-state index in [9.17, 15) is 14.7 Å². The number of imidazole rings is 1. The minimum atomic E-state index is -1.09. The zero-order chi connectivity index (χ0) is 18.3. The van der Waals surface area contributed by atoms with Gasteiger partial charge in [-0.15, -0.1) is 11.8 Å². The number of hydrogen-bond acceptors (Lipinski definition) is 6. The van der Waals surface area contributed by atoms with E-state index in [0.29, 0.717) is 10.7 Å². The molecule has 134 valence electrons. The van der Waals surface area contributed by atoms with Crippen molar-refractivity contribution in [3.8, 4) is 0 Å². The number of benzene rings is 1. The van der Waals surface area contributed by atoms with Crippen LogP contribution in [0.1, 0.15) is 5.56 Å². The van der Waals surface area contributed by atoms with E-state index in [1.165, 1.54) is 28.4 Å². The Kier molecular flexibility index (Phi) is 4.51. The van der Waals surface area contributed by atoms with Crippen molar-refractivity contribution in [3.05, 3.63) is 59.2 Å². The van der Waals surface area contributed by atoms with Gasteiger partial charge in [0.15, 0.2) is 0 Å². The van der Waals surface area contributed by atoms with Crippen LogP contribution in [0.4, 0.5) is 0 Å². The summed E-state index contributed by atoms with van der Waals surface area (Å²) in [7, 11) is 0. The van der Waals surface area contributed by atoms with Crippen molar-refractivity contribution in [1.29, 1.82) is 0 Å². The van der Waals surface area contributed by atoms with Crippen molar-refractivity contribution in [3.63, 3.8) is 0 Å². The van der Waals surface area contributed by atoms with Crippen LogP contribution in [-0.4, -0.2) is 48.6 Å². The lowest BCUT2D eigenvalue weighted by Crippen LogP contribution is -2.68. The molecule has 3 N–H and O–H groups in total. The predicted octanol–water partition coefficient (Wildman–Crippen LogP) is 1.56. The molecule has 1 aromatic carbocycles. The third-order valence-corrected chi connectivity index (χ3v) is 6.84. The number of fused-ring (bicyclic) bond motifs is 1. The fraction of sp³-hybridized carbons (Fsp3) is 0.235. The first-order valence-corrected chi connectivity index (χ1v) is 9.80. The molecule has 1 fully saturated rings. The summed E-state index contributed by atoms with van der Waals surface area (Å²) in [4.78, 5) is 30.6. The van der Waals surface area contributed by atoms with Gasteiger partial charge in [0.1, 0.15) is 17.1 Å². The van der Waals surface area contributed by atoms with Gasteiger partial charge in [0.05, 0.1) is 6.33 Å². The maximum Gasteiger partial charge on any atom is 0.353 e. The smallest absolute Gasteiger partial charge is 0.353 e. The van der Waals surface area contributed by atoms with Gasteiger partial charge in [0, 0.05) is 34.5 Å². The molecule has 0 unspecified atom stereocenters. The Hall–Kier alpha value is -2.23. The number of nitrogens with two attached hydrogens (primary N) is 1. The van der Waals surface area contributed by atoms with Crippen molar-refractivity contribution in [2.24, 2.45) is 5.73 Å². The van der Waals surface area contributed by atoms with Gasteiger partial charge in [-0.2, -0.15) is 0 Å². The van der Waals surface area contributed by atoms with Gasteiger partial charge in [-0.05, 0) is 17.7 Å². The molecule has 4 rings (SSSR count). The maximum atomic E-state index is 12.0. The van der Waals surface area contributed by atoms with Gasteiger partial charge in [-0.25, -0.2) is 9.78 Å². The lowest BCUT2D eigenvalue weighted by Gasteiger charge is -2.47. The summed E-state index contributed by atoms with van der Waals surface area (Å²) in [5.41, 5.74) is 6.96. The average molecular weight is 388 g/mol. The van der Waals surface area contributed by atoms with E-state index < -0.39 is 12.0 Å². The summed E-state index contributed by atoms with van der Waals surface area (Å²) in [6, 6.07) is 7.33. The molecule has 7 nitrogen and oxygen atoms in total. The number of carboxylic acids is 1. The molecule has 0 bridgehead atoms. The minimum absolute atomic E-state index is 0.0629. The predicted molar refractivity (Wildman–Crippen MR) is 99.4 cm³/mol. The molecule has 2 aliphatic rings. The van der Waals surface area contributed by atoms with E-state index in [4.69, 9.17) is 5.73 Å². The van der Waals surface area contributed by atoms with Crippen LogP contribution in [-0.2, 0) is 16.1 Å². The first-order valence-electron chi connectivity index (χ1n) is 7.94. The average Bonchev–Trinajstić information content (AvgIpc) is 3.15. The van der Waals surface area contributed by atoms with Crippen LogP contribution in [0.25, 0.3) is 0 Å². The van der Waals surface area contributed by atoms with Crippen molar-refractivity contribution in [1.82, 2.24) is 14.5 Å². The monoisotopic (exact) mass is 388 g/mol. The summed E-state index contributed by atoms with van der Waals surface area (Å²) in [6.45, 7) is 0.728. The van der Waals surface area contributed by atoms with Crippen molar-refractivity contribution in [2.75, 3.05) is 5.75 Å². The summed E-state index contributed by atoms with van der Waals surface area (Å²) >= 11 is 2.89. The summed E-state index contributed by atoms with van der Waals surface area (Å²) < 4.78 is 1.98. The highest BCUT2D eigenvalue weighted by molar-refractivity contribution is 8.06. The molecule has 0 spiro atoms. The van der Waals surface area contributed by atoms with E-state index in [1.54, 1.807) is 12.5 Å². The zero-order valence-corrected chi connectivity index (χ0v) is 15.2. The number of aromatic nitrogens is 2. The number of carbonyl (C=O) groups is 2. The Labute approximate surface area is 158 Å². The number of carboxylic acid groups (broad SMARTS) is 1. The van der Waals surface area contributed by atoms with E-state index in [0.717, 1.165) is 17.0 Å². The Morgan fingerprint density at radius 2 is 2.15 bits per heavy atom. The molecule has 2 atom stereocenters. The van der Waals surface area contributed by atoms with Crippen LogP contribution in [0.2, 0.25) is 0 Å². The molecular weight excluding hydrogens is 372 g/mol. The third kappa shape index (κ3) is 3.02. The third-order valence-electron chi connectivity index (χ3n) is 4.27. The number of amides is 1. The number of rotatable bonds is 5. The number of nitrogens with zero attached hydrogens (tertiary/aromatic N) is 3. The molecule has 9 heteroatoms. The van der Waals surface area contributed by atoms with Crippen LogP contribution >= 0.6 is 23.5 Å². The van der Waals surface area contributed by atoms with Crippen LogP contribution in [0.3, 0.4) is 0 Å². The van der Waals surface area contributed by atoms with Crippen LogP contribution in [0.15, 0.2) is 58.5 Å². The standard InChI is InChI=1S/C17H16N4O3S2/c18-13-15(22)21-14(17(23)24)12(8-25-16(13)21)26-11-3-1-10(2-4-11)7-20-6-5-19-9-20/h1-6,9,13,16H,7-8,18H2,(H,23,24)/t13-,16+/m1/s1. The molecule has 2 aromatic rings. The van der Waals surface area contributed by atoms with E-state index in [2.05, 4.69) is 4.98 Å². The summed E-state index contributed by atoms with van der Waals surface area (Å²) in [5.74, 6) is -0.881. The zero-order valence-electron chi connectivity index (χ0n) is 13.6. The molecule has 0 radical (unpaired) electrons. The van der Waals surface area contributed by atoms with E-state index in [1.807, 2.05) is 35.0 Å². The highest BCUT2D eigenvalue weighted by Gasteiger charge is 2.51. The Morgan fingerprint density at radius 3 is 2.81 bits per heavy atom. The number of carbonyl (C=O) groups excluding carboxylic acids is 1. The molecule has 3 heterocycles. The van der Waals surface area contributed by atoms with Crippen LogP contribution in [0.5, 0.6) is 0 Å². The topological polar surface area (TPSA) is 101 Å². The Morgan fingerprint density at radius 1 is 1.38 bits per heavy atom. The van der Waals surface area contributed by atoms with Gasteiger partial charge in [-0.3, -0.25) is 9.69 Å². The maximum absolute atomic E-state index is 12.0. The first kappa shape index (κ1) is 17.2. The SMILES string of the molecule is N[C@@H]1C(=O)N2C(C(=O)O)=C(Sc3ccc(Cn4ccnc4)cc3)CS[C@@H]12. The van der Waals surface area contributed by atoms with Gasteiger partial charge in [0.25, 0.3) is 0 Å². The van der Waals surface area contributed by atoms with Gasteiger partial charge >= 0.3 is 5.97 Å². The Balaban J connectivity index is 1.53. The number of β-lactam (4-membered cyclic amide) rings is 1. The summed E-state index contributed by atoms with van der Waals surface area (Å²) in [5, 5.41) is 9.31. The number of thioether (sulfide) groups is 2. The van der Waals surface area contributed by atoms with Crippen molar-refractivity contribution in [2.45, 2.75) is 22.9 Å². The molecular formula is C17H16N4O3S2. The molecule has 1 saturated heterocycles. The second-order valence-electron chi connectivity index (χ2n) is 5.99. The highest BCUT2D eigenvalue weighted by atomic mass is 32.2. The fourth-order valence-corrected chi connectivity index (χ4v) is 5.38. The normalized spacial score (nSPS) is 22.2. The lowest BCUT2D eigenvalue weighted by atomic mass is 10.1. The van der Waals surface area contributed by atoms with Crippen LogP contribution < -0.4 is 5.73 Å². The molecule has 0 saturated carbocycles. The van der Waals surface area contributed by atoms with Gasteiger partial charge < -0.3 is 15.4 Å². The van der Waals surface area contributed by atoms with Crippen molar-refractivity contribution >= 4 is 35.4 Å². The minimum Gasteiger partial charge on any atom is -0.477 e. The lowest BCUT2D eigenvalue weighted by molar-refractivity contribution is -0.147. The quantitative estimate of drug-likeness (QED) is 0.750. The molecule has 0 aliphatic carbocycles. The van der Waals surface area contributed by atoms with E-state index in [-0.39, 0.29) is 17.0 Å². The largest absolute Gasteiger partial charge is 0.477 e. The van der Waals surface area contributed by atoms with Crippen LogP contribution in [0, 0.1) is 0 Å². The second-order valence-corrected chi connectivity index (χ2v) is 8.27. The number of aliphatic carboxylic acids is 1. The number of hydrogen-bond donors (Lipinski definition) is 2. The molecule has 2 aliphatic heterocycles. The fourth-order valence-electron chi connectivity index (χ4n) is 2.96. The summed E-state index contributed by atoms with van der Waals surface area (Å²) in [6.07, 6.45) is 5.40. The van der Waals surface area contributed by atoms with E-state index >= 15 is 0 Å². The Bertz CT molecular complexity index is 880. The molecule has 1 aromatic heterocycles. The molecule has 26 heavy (non-hydrogen) atoms. The van der Waals surface area contributed by atoms with Gasteiger partial charge in [0.2, 0.25) is 5.91 Å². The van der Waals surface area contributed by atoms with Crippen molar-refractivity contribution < 1.29 is 14.7 Å². The second kappa shape index (κ2) is 6.82. The van der Waals surface area contributed by atoms with Gasteiger partial charge in [-0.1, -0.05) is 23.9 Å².